The van der Waals surface area contributed by atoms with Crippen molar-refractivity contribution in [1.82, 2.24) is 0 Å². The van der Waals surface area contributed by atoms with Crippen LogP contribution in [0.1, 0.15) is 25.0 Å². The SMILES string of the molecule is CCc1cccc2c1S(=O)(=O)c1c(CC)cccc1O2. The highest BCUT2D eigenvalue weighted by molar-refractivity contribution is 7.91. The van der Waals surface area contributed by atoms with Crippen molar-refractivity contribution in [3.05, 3.63) is 47.5 Å². The van der Waals surface area contributed by atoms with Crippen molar-refractivity contribution < 1.29 is 13.2 Å². The molecule has 0 radical (unpaired) electrons. The Labute approximate surface area is 119 Å². The molecule has 0 unspecified atom stereocenters. The van der Waals surface area contributed by atoms with E-state index in [1.54, 1.807) is 12.1 Å². The zero-order chi connectivity index (χ0) is 14.3. The third-order valence-corrected chi connectivity index (χ3v) is 5.64. The summed E-state index contributed by atoms with van der Waals surface area (Å²) in [5, 5.41) is 0. The first kappa shape index (κ1) is 13.2. The molecule has 2 aromatic carbocycles. The van der Waals surface area contributed by atoms with Crippen molar-refractivity contribution in [2.24, 2.45) is 0 Å². The Morgan fingerprint density at radius 2 is 1.30 bits per heavy atom. The molecule has 3 rings (SSSR count). The van der Waals surface area contributed by atoms with Crippen molar-refractivity contribution in [1.29, 1.82) is 0 Å². The first-order valence-electron chi connectivity index (χ1n) is 6.76. The number of hydrogen-bond donors (Lipinski definition) is 0. The van der Waals surface area contributed by atoms with Gasteiger partial charge in [0.05, 0.1) is 0 Å². The molecule has 0 bridgehead atoms. The van der Waals surface area contributed by atoms with Crippen molar-refractivity contribution in [3.63, 3.8) is 0 Å². The Morgan fingerprint density at radius 1 is 0.850 bits per heavy atom. The molecule has 1 heterocycles. The lowest BCUT2D eigenvalue weighted by Gasteiger charge is -2.24. The first-order valence-corrected chi connectivity index (χ1v) is 8.24. The van der Waals surface area contributed by atoms with Crippen LogP contribution in [0.2, 0.25) is 0 Å². The van der Waals surface area contributed by atoms with Crippen LogP contribution in [0.5, 0.6) is 11.5 Å². The van der Waals surface area contributed by atoms with Gasteiger partial charge in [-0.2, -0.15) is 0 Å². The van der Waals surface area contributed by atoms with E-state index in [1.165, 1.54) is 0 Å². The van der Waals surface area contributed by atoms with Gasteiger partial charge in [0.1, 0.15) is 21.3 Å². The van der Waals surface area contributed by atoms with Gasteiger partial charge in [0, 0.05) is 0 Å². The summed E-state index contributed by atoms with van der Waals surface area (Å²) in [6.07, 6.45) is 1.32. The molecular weight excluding hydrogens is 272 g/mol. The molecule has 0 fully saturated rings. The molecule has 2 aromatic rings. The Morgan fingerprint density at radius 3 is 1.70 bits per heavy atom. The molecule has 0 saturated heterocycles. The zero-order valence-electron chi connectivity index (χ0n) is 11.5. The van der Waals surface area contributed by atoms with E-state index in [2.05, 4.69) is 0 Å². The molecule has 0 aliphatic carbocycles. The second kappa shape index (κ2) is 4.63. The largest absolute Gasteiger partial charge is 0.455 e. The molecule has 0 atom stereocenters. The second-order valence-corrected chi connectivity index (χ2v) is 6.62. The third-order valence-electron chi connectivity index (χ3n) is 3.64. The highest BCUT2D eigenvalue weighted by Gasteiger charge is 2.34. The van der Waals surface area contributed by atoms with Crippen LogP contribution in [0.3, 0.4) is 0 Å². The Bertz CT molecular complexity index is 717. The Kier molecular flexibility index (Phi) is 3.05. The first-order chi connectivity index (χ1) is 9.59. The van der Waals surface area contributed by atoms with E-state index in [0.717, 1.165) is 11.1 Å². The van der Waals surface area contributed by atoms with Gasteiger partial charge < -0.3 is 4.74 Å². The average molecular weight is 288 g/mol. The predicted molar refractivity (Wildman–Crippen MR) is 77.2 cm³/mol. The molecule has 0 N–H and O–H groups in total. The second-order valence-electron chi connectivity index (χ2n) is 4.80. The lowest BCUT2D eigenvalue weighted by Crippen LogP contribution is -2.15. The molecule has 1 aliphatic rings. The summed E-state index contributed by atoms with van der Waals surface area (Å²) in [6.45, 7) is 3.90. The molecule has 4 heteroatoms. The molecule has 0 amide bonds. The summed E-state index contributed by atoms with van der Waals surface area (Å²) in [7, 11) is -3.51. The minimum Gasteiger partial charge on any atom is -0.455 e. The standard InChI is InChI=1S/C16H16O3S/c1-3-11-7-5-9-13-15(11)20(17,18)16-12(4-2)8-6-10-14(16)19-13/h5-10H,3-4H2,1-2H3. The fraction of sp³-hybridized carbons (Fsp3) is 0.250. The lowest BCUT2D eigenvalue weighted by molar-refractivity contribution is 0.439. The van der Waals surface area contributed by atoms with E-state index >= 15 is 0 Å². The fourth-order valence-corrected chi connectivity index (χ4v) is 4.74. The monoisotopic (exact) mass is 288 g/mol. The Balaban J connectivity index is 2.37. The van der Waals surface area contributed by atoms with Gasteiger partial charge in [-0.15, -0.1) is 0 Å². The summed E-state index contributed by atoms with van der Waals surface area (Å²) in [5.41, 5.74) is 1.61. The minimum absolute atomic E-state index is 0.330. The van der Waals surface area contributed by atoms with E-state index in [-0.39, 0.29) is 0 Å². The smallest absolute Gasteiger partial charge is 0.214 e. The van der Waals surface area contributed by atoms with Crippen LogP contribution >= 0.6 is 0 Å². The van der Waals surface area contributed by atoms with Crippen molar-refractivity contribution >= 4 is 9.84 Å². The van der Waals surface area contributed by atoms with Crippen LogP contribution in [0.15, 0.2) is 46.2 Å². The number of aryl methyl sites for hydroxylation is 2. The number of ether oxygens (including phenoxy) is 1. The summed E-state index contributed by atoms with van der Waals surface area (Å²) in [6, 6.07) is 10.8. The van der Waals surface area contributed by atoms with E-state index < -0.39 is 9.84 Å². The molecule has 0 aromatic heterocycles. The Hall–Kier alpha value is -1.81. The number of sulfone groups is 1. The van der Waals surface area contributed by atoms with E-state index in [9.17, 15) is 8.42 Å². The summed E-state index contributed by atoms with van der Waals surface area (Å²) in [4.78, 5) is 0.659. The van der Waals surface area contributed by atoms with Crippen LogP contribution in [-0.4, -0.2) is 8.42 Å². The van der Waals surface area contributed by atoms with Gasteiger partial charge in [-0.05, 0) is 36.1 Å². The van der Waals surface area contributed by atoms with Gasteiger partial charge in [0.2, 0.25) is 9.84 Å². The van der Waals surface area contributed by atoms with Crippen LogP contribution in [0, 0.1) is 0 Å². The highest BCUT2D eigenvalue weighted by Crippen LogP contribution is 2.45. The van der Waals surface area contributed by atoms with Gasteiger partial charge >= 0.3 is 0 Å². The van der Waals surface area contributed by atoms with Gasteiger partial charge in [-0.1, -0.05) is 38.1 Å². The minimum atomic E-state index is -3.51. The van der Waals surface area contributed by atoms with Crippen LogP contribution in [0.4, 0.5) is 0 Å². The van der Waals surface area contributed by atoms with Gasteiger partial charge in [0.15, 0.2) is 0 Å². The van der Waals surface area contributed by atoms with Gasteiger partial charge in [0.25, 0.3) is 0 Å². The van der Waals surface area contributed by atoms with Crippen LogP contribution < -0.4 is 4.74 Å². The number of benzene rings is 2. The summed E-state index contributed by atoms with van der Waals surface area (Å²) < 4.78 is 31.8. The normalized spacial score (nSPS) is 15.1. The zero-order valence-corrected chi connectivity index (χ0v) is 12.3. The topological polar surface area (TPSA) is 43.4 Å². The van der Waals surface area contributed by atoms with Crippen LogP contribution in [0.25, 0.3) is 0 Å². The quantitative estimate of drug-likeness (QED) is 0.721. The molecule has 0 spiro atoms. The summed E-state index contributed by atoms with van der Waals surface area (Å²) in [5.74, 6) is 0.871. The maximum absolute atomic E-state index is 13.0. The van der Waals surface area contributed by atoms with Crippen molar-refractivity contribution in [2.45, 2.75) is 36.5 Å². The average Bonchev–Trinajstić information content (AvgIpc) is 2.45. The van der Waals surface area contributed by atoms with E-state index in [0.29, 0.717) is 34.1 Å². The van der Waals surface area contributed by atoms with E-state index in [1.807, 2.05) is 38.1 Å². The lowest BCUT2D eigenvalue weighted by atomic mass is 10.1. The molecule has 3 nitrogen and oxygen atoms in total. The molecule has 0 saturated carbocycles. The fourth-order valence-electron chi connectivity index (χ4n) is 2.67. The third kappa shape index (κ3) is 1.75. The highest BCUT2D eigenvalue weighted by atomic mass is 32.2. The molecule has 20 heavy (non-hydrogen) atoms. The molecule has 1 aliphatic heterocycles. The predicted octanol–water partition coefficient (Wildman–Crippen LogP) is 3.75. The van der Waals surface area contributed by atoms with Crippen molar-refractivity contribution in [3.8, 4) is 11.5 Å². The van der Waals surface area contributed by atoms with E-state index in [4.69, 9.17) is 4.74 Å². The maximum Gasteiger partial charge on any atom is 0.214 e. The van der Waals surface area contributed by atoms with Gasteiger partial charge in [-0.25, -0.2) is 8.42 Å². The number of rotatable bonds is 2. The molecule has 104 valence electrons. The number of hydrogen-bond acceptors (Lipinski definition) is 3. The van der Waals surface area contributed by atoms with Crippen molar-refractivity contribution in [2.75, 3.05) is 0 Å². The van der Waals surface area contributed by atoms with Gasteiger partial charge in [-0.3, -0.25) is 0 Å². The van der Waals surface area contributed by atoms with Crippen LogP contribution in [-0.2, 0) is 22.7 Å². The molecular formula is C16H16O3S. The number of fused-ring (bicyclic) bond motifs is 2. The maximum atomic E-state index is 13.0. The summed E-state index contributed by atoms with van der Waals surface area (Å²) >= 11 is 0.